The highest BCUT2D eigenvalue weighted by molar-refractivity contribution is 7.99. The molecule has 1 heterocycles. The summed E-state index contributed by atoms with van der Waals surface area (Å²) in [5.41, 5.74) is 4.52. The van der Waals surface area contributed by atoms with Gasteiger partial charge in [0.15, 0.2) is 0 Å². The van der Waals surface area contributed by atoms with Gasteiger partial charge in [-0.1, -0.05) is 97.7 Å². The van der Waals surface area contributed by atoms with E-state index in [1.807, 2.05) is 23.9 Å². The van der Waals surface area contributed by atoms with Crippen molar-refractivity contribution in [2.24, 2.45) is 0 Å². The van der Waals surface area contributed by atoms with Crippen LogP contribution in [0.2, 0.25) is 0 Å². The number of fused-ring (bicyclic) bond motifs is 4. The van der Waals surface area contributed by atoms with Crippen LogP contribution >= 0.6 is 11.8 Å². The normalized spacial score (nSPS) is 13.3. The van der Waals surface area contributed by atoms with Gasteiger partial charge in [-0.2, -0.15) is 0 Å². The molecule has 2 nitrogen and oxygen atoms in total. The summed E-state index contributed by atoms with van der Waals surface area (Å²) in [6.45, 7) is 7.39. The zero-order valence-electron chi connectivity index (χ0n) is 21.8. The summed E-state index contributed by atoms with van der Waals surface area (Å²) in [5, 5.41) is 4.57. The van der Waals surface area contributed by atoms with Crippen molar-refractivity contribution in [3.8, 4) is 11.5 Å². The van der Waals surface area contributed by atoms with Crippen molar-refractivity contribution < 1.29 is 9.47 Å². The highest BCUT2D eigenvalue weighted by Crippen LogP contribution is 2.56. The monoisotopic (exact) mass is 534 g/mol. The van der Waals surface area contributed by atoms with E-state index >= 15 is 0 Å². The molecule has 40 heavy (non-hydrogen) atoms. The third-order valence-electron chi connectivity index (χ3n) is 7.73. The lowest BCUT2D eigenvalue weighted by atomic mass is 9.64. The molecule has 0 atom stereocenters. The first kappa shape index (κ1) is 24.3. The minimum Gasteiger partial charge on any atom is -0.466 e. The number of hydrogen-bond acceptors (Lipinski definition) is 3. The summed E-state index contributed by atoms with van der Waals surface area (Å²) >= 11 is 1.84. The molecule has 1 aliphatic rings. The minimum atomic E-state index is -0.507. The van der Waals surface area contributed by atoms with Crippen molar-refractivity contribution in [3.63, 3.8) is 0 Å². The van der Waals surface area contributed by atoms with Crippen LogP contribution in [0.15, 0.2) is 157 Å². The Labute approximate surface area is 238 Å². The summed E-state index contributed by atoms with van der Waals surface area (Å²) in [4.78, 5) is 2.54. The lowest BCUT2D eigenvalue weighted by Gasteiger charge is -2.42. The predicted molar refractivity (Wildman–Crippen MR) is 166 cm³/mol. The first-order valence-electron chi connectivity index (χ1n) is 13.2. The lowest BCUT2D eigenvalue weighted by molar-refractivity contribution is 0.484. The van der Waals surface area contributed by atoms with Crippen LogP contribution < -0.4 is 9.47 Å². The van der Waals surface area contributed by atoms with Gasteiger partial charge in [-0.15, -0.1) is 0 Å². The molecule has 0 radical (unpaired) electrons. The predicted octanol–water partition coefficient (Wildman–Crippen LogP) is 9.88. The molecule has 0 fully saturated rings. The Balaban J connectivity index is 1.55. The molecular formula is C37H26O2S. The first-order valence-corrected chi connectivity index (χ1v) is 14.0. The largest absolute Gasteiger partial charge is 0.466 e. The van der Waals surface area contributed by atoms with Gasteiger partial charge in [0.25, 0.3) is 0 Å². The summed E-state index contributed by atoms with van der Waals surface area (Å²) in [7, 11) is 0. The number of rotatable bonds is 6. The fourth-order valence-electron chi connectivity index (χ4n) is 6.04. The van der Waals surface area contributed by atoms with E-state index in [1.54, 1.807) is 0 Å². The first-order chi connectivity index (χ1) is 19.7. The zero-order valence-corrected chi connectivity index (χ0v) is 22.7. The standard InChI is InChI=1S/C37H26O2S/c1-3-38-31-19-15-25-21-29(17-13-27(25)23-31)37(30-18-14-28-24-32(39-4-2)20-16-26(28)22-30)33-9-5-7-11-35(33)40-36-12-8-6-10-34(36)37/h3-24H,1-2H2. The van der Waals surface area contributed by atoms with E-state index in [-0.39, 0.29) is 0 Å². The van der Waals surface area contributed by atoms with Crippen LogP contribution in [0, 0.1) is 0 Å². The topological polar surface area (TPSA) is 18.5 Å². The van der Waals surface area contributed by atoms with E-state index in [9.17, 15) is 0 Å². The smallest absolute Gasteiger partial charge is 0.127 e. The molecule has 0 amide bonds. The highest BCUT2D eigenvalue weighted by Gasteiger charge is 2.44. The molecule has 0 spiro atoms. The maximum Gasteiger partial charge on any atom is 0.127 e. The van der Waals surface area contributed by atoms with Crippen LogP contribution in [0.25, 0.3) is 21.5 Å². The van der Waals surface area contributed by atoms with Gasteiger partial charge < -0.3 is 9.47 Å². The molecule has 3 heteroatoms. The van der Waals surface area contributed by atoms with E-state index in [0.29, 0.717) is 0 Å². The van der Waals surface area contributed by atoms with Crippen molar-refractivity contribution in [1.29, 1.82) is 0 Å². The van der Waals surface area contributed by atoms with Gasteiger partial charge in [-0.25, -0.2) is 0 Å². The van der Waals surface area contributed by atoms with Crippen molar-refractivity contribution in [2.45, 2.75) is 15.2 Å². The van der Waals surface area contributed by atoms with E-state index in [4.69, 9.17) is 9.47 Å². The maximum absolute atomic E-state index is 5.55. The van der Waals surface area contributed by atoms with E-state index in [0.717, 1.165) is 33.0 Å². The van der Waals surface area contributed by atoms with E-state index in [2.05, 4.69) is 122 Å². The third-order valence-corrected chi connectivity index (χ3v) is 8.88. The quantitative estimate of drug-likeness (QED) is 0.198. The number of benzene rings is 6. The van der Waals surface area contributed by atoms with Gasteiger partial charge >= 0.3 is 0 Å². The second-order valence-corrected chi connectivity index (χ2v) is 10.9. The van der Waals surface area contributed by atoms with Crippen molar-refractivity contribution in [3.05, 3.63) is 169 Å². The fourth-order valence-corrected chi connectivity index (χ4v) is 7.23. The molecule has 0 saturated carbocycles. The molecule has 0 aliphatic carbocycles. The molecule has 1 aliphatic heterocycles. The van der Waals surface area contributed by atoms with Crippen LogP contribution in [0.5, 0.6) is 11.5 Å². The summed E-state index contributed by atoms with van der Waals surface area (Å²) in [6, 6.07) is 43.6. The SMILES string of the molecule is C=COc1ccc2cc(C3(c4ccc5cc(OC=C)ccc5c4)c4ccccc4Sc4ccccc43)ccc2c1. The molecule has 0 unspecified atom stereocenters. The Morgan fingerprint density at radius 1 is 0.500 bits per heavy atom. The Morgan fingerprint density at radius 2 is 0.925 bits per heavy atom. The number of hydrogen-bond donors (Lipinski definition) is 0. The Hall–Kier alpha value is -4.73. The molecule has 0 aromatic heterocycles. The Kier molecular flexibility index (Phi) is 5.95. The van der Waals surface area contributed by atoms with Crippen molar-refractivity contribution in [2.75, 3.05) is 0 Å². The van der Waals surface area contributed by atoms with Gasteiger partial charge in [-0.3, -0.25) is 0 Å². The van der Waals surface area contributed by atoms with Gasteiger partial charge in [0, 0.05) is 9.79 Å². The third kappa shape index (κ3) is 3.82. The van der Waals surface area contributed by atoms with E-state index < -0.39 is 5.41 Å². The zero-order chi connectivity index (χ0) is 27.1. The molecular weight excluding hydrogens is 508 g/mol. The second kappa shape index (κ2) is 9.78. The average Bonchev–Trinajstić information content (AvgIpc) is 3.00. The van der Waals surface area contributed by atoms with Crippen molar-refractivity contribution >= 4 is 33.3 Å². The van der Waals surface area contributed by atoms with Crippen LogP contribution in [-0.2, 0) is 5.41 Å². The summed E-state index contributed by atoms with van der Waals surface area (Å²) < 4.78 is 11.1. The van der Waals surface area contributed by atoms with Crippen molar-refractivity contribution in [1.82, 2.24) is 0 Å². The molecule has 0 saturated heterocycles. The summed E-state index contributed by atoms with van der Waals surface area (Å²) in [5.74, 6) is 1.56. The van der Waals surface area contributed by atoms with E-state index in [1.165, 1.54) is 44.6 Å². The molecule has 6 aromatic rings. The minimum absolute atomic E-state index is 0.507. The lowest BCUT2D eigenvalue weighted by Crippen LogP contribution is -2.34. The van der Waals surface area contributed by atoms with Crippen LogP contribution in [0.4, 0.5) is 0 Å². The maximum atomic E-state index is 5.55. The van der Waals surface area contributed by atoms with Crippen LogP contribution in [0.1, 0.15) is 22.3 Å². The number of ether oxygens (including phenoxy) is 2. The van der Waals surface area contributed by atoms with Gasteiger partial charge in [0.05, 0.1) is 17.9 Å². The molecule has 192 valence electrons. The Morgan fingerprint density at radius 3 is 1.40 bits per heavy atom. The summed E-state index contributed by atoms with van der Waals surface area (Å²) in [6.07, 6.45) is 2.93. The van der Waals surface area contributed by atoms with Crippen LogP contribution in [0.3, 0.4) is 0 Å². The molecule has 6 aromatic carbocycles. The molecule has 7 rings (SSSR count). The average molecular weight is 535 g/mol. The second-order valence-electron chi connectivity index (χ2n) is 9.86. The fraction of sp³-hybridized carbons (Fsp3) is 0.0270. The molecule has 0 bridgehead atoms. The molecule has 0 N–H and O–H groups in total. The van der Waals surface area contributed by atoms with Gasteiger partial charge in [0.2, 0.25) is 0 Å². The van der Waals surface area contributed by atoms with Gasteiger partial charge in [-0.05, 0) is 92.3 Å². The Bertz CT molecular complexity index is 1800. The van der Waals surface area contributed by atoms with Crippen LogP contribution in [-0.4, -0.2) is 0 Å². The van der Waals surface area contributed by atoms with Gasteiger partial charge in [0.1, 0.15) is 11.5 Å². The highest BCUT2D eigenvalue weighted by atomic mass is 32.2.